The van der Waals surface area contributed by atoms with Gasteiger partial charge in [0.05, 0.1) is 25.2 Å². The minimum absolute atomic E-state index is 0.0247. The molecule has 0 fully saturated rings. The van der Waals surface area contributed by atoms with E-state index in [9.17, 15) is 4.79 Å². The fourth-order valence-corrected chi connectivity index (χ4v) is 1.73. The lowest BCUT2D eigenvalue weighted by molar-refractivity contribution is 0.0600. The van der Waals surface area contributed by atoms with E-state index in [-0.39, 0.29) is 10.7 Å². The number of rotatable bonds is 4. The molecule has 0 aliphatic carbocycles. The maximum Gasteiger partial charge on any atom is 0.341 e. The number of aromatic nitrogens is 2. The van der Waals surface area contributed by atoms with E-state index in [1.54, 1.807) is 4.68 Å². The third-order valence-corrected chi connectivity index (χ3v) is 2.67. The van der Waals surface area contributed by atoms with Crippen molar-refractivity contribution in [2.24, 2.45) is 10.8 Å². The molecule has 3 N–H and O–H groups in total. The molecule has 1 aromatic heterocycles. The van der Waals surface area contributed by atoms with Crippen LogP contribution in [-0.4, -0.2) is 34.2 Å². The normalized spacial score (nSPS) is 10.5. The maximum atomic E-state index is 11.8. The zero-order valence-corrected chi connectivity index (χ0v) is 12.0. The average molecular weight is 303 g/mol. The van der Waals surface area contributed by atoms with E-state index in [1.807, 2.05) is 30.3 Å². The number of benzene rings is 1. The number of nitrogens with one attached hydrogen (secondary N) is 1. The van der Waals surface area contributed by atoms with Gasteiger partial charge in [-0.2, -0.15) is 10.2 Å². The van der Waals surface area contributed by atoms with E-state index in [0.29, 0.717) is 5.69 Å². The number of methoxy groups -OCH3 is 1. The number of nitrogens with zero attached hydrogens (tertiary/aromatic N) is 3. The molecule has 0 aliphatic rings. The molecule has 0 unspecified atom stereocenters. The van der Waals surface area contributed by atoms with Crippen LogP contribution >= 0.6 is 12.2 Å². The van der Waals surface area contributed by atoms with Crippen molar-refractivity contribution in [2.75, 3.05) is 7.11 Å². The quantitative estimate of drug-likeness (QED) is 0.376. The zero-order chi connectivity index (χ0) is 15.2. The largest absolute Gasteiger partial charge is 0.465 e. The lowest BCUT2D eigenvalue weighted by Crippen LogP contribution is -2.24. The molecule has 0 saturated heterocycles. The molecular weight excluding hydrogens is 290 g/mol. The van der Waals surface area contributed by atoms with Crippen LogP contribution in [0.5, 0.6) is 0 Å². The van der Waals surface area contributed by atoms with Gasteiger partial charge in [0.2, 0.25) is 0 Å². The first-order valence-corrected chi connectivity index (χ1v) is 6.34. The lowest BCUT2D eigenvalue weighted by Gasteiger charge is -2.05. The summed E-state index contributed by atoms with van der Waals surface area (Å²) in [5.41, 5.74) is 9.25. The number of hydrogen-bond acceptors (Lipinski definition) is 5. The number of nitrogens with two attached hydrogens (primary N) is 1. The molecule has 0 radical (unpaired) electrons. The molecule has 2 aromatic rings. The predicted octanol–water partition coefficient (Wildman–Crippen LogP) is 0.826. The molecule has 108 valence electrons. The fourth-order valence-electron chi connectivity index (χ4n) is 1.68. The monoisotopic (exact) mass is 303 g/mol. The van der Waals surface area contributed by atoms with Crippen molar-refractivity contribution < 1.29 is 9.53 Å². The Morgan fingerprint density at radius 2 is 2.19 bits per heavy atom. The summed E-state index contributed by atoms with van der Waals surface area (Å²) in [7, 11) is 1.30. The maximum absolute atomic E-state index is 11.8. The van der Waals surface area contributed by atoms with Crippen molar-refractivity contribution in [1.82, 2.24) is 15.2 Å². The first-order chi connectivity index (χ1) is 10.1. The van der Waals surface area contributed by atoms with Crippen LogP contribution in [0.2, 0.25) is 0 Å². The summed E-state index contributed by atoms with van der Waals surface area (Å²) in [6.07, 6.45) is 2.83. The molecular formula is C13H13N5O2S. The highest BCUT2D eigenvalue weighted by atomic mass is 32.1. The van der Waals surface area contributed by atoms with Crippen LogP contribution in [0, 0.1) is 0 Å². The molecule has 0 atom stereocenters. The van der Waals surface area contributed by atoms with E-state index >= 15 is 0 Å². The van der Waals surface area contributed by atoms with Gasteiger partial charge in [-0.15, -0.1) is 0 Å². The molecule has 8 heteroatoms. The van der Waals surface area contributed by atoms with Gasteiger partial charge in [0.15, 0.2) is 5.11 Å². The smallest absolute Gasteiger partial charge is 0.341 e. The Morgan fingerprint density at radius 3 is 2.81 bits per heavy atom. The average Bonchev–Trinajstić information content (AvgIpc) is 2.91. The minimum atomic E-state index is -0.506. The van der Waals surface area contributed by atoms with Gasteiger partial charge in [-0.1, -0.05) is 18.2 Å². The van der Waals surface area contributed by atoms with Crippen LogP contribution in [-0.2, 0) is 4.74 Å². The van der Waals surface area contributed by atoms with Crippen molar-refractivity contribution >= 4 is 29.5 Å². The Balaban J connectivity index is 2.46. The second kappa shape index (κ2) is 6.62. The van der Waals surface area contributed by atoms with E-state index in [2.05, 4.69) is 27.8 Å². The van der Waals surface area contributed by atoms with Crippen molar-refractivity contribution in [2.45, 2.75) is 0 Å². The molecule has 0 bridgehead atoms. The molecule has 2 rings (SSSR count). The Bertz CT molecular complexity index is 681. The van der Waals surface area contributed by atoms with Gasteiger partial charge >= 0.3 is 5.97 Å². The summed E-state index contributed by atoms with van der Waals surface area (Å²) in [6.45, 7) is 0. The summed E-state index contributed by atoms with van der Waals surface area (Å²) in [5, 5.41) is 8.08. The third-order valence-electron chi connectivity index (χ3n) is 2.57. The predicted molar refractivity (Wildman–Crippen MR) is 82.4 cm³/mol. The molecule has 1 aromatic carbocycles. The fraction of sp³-hybridized carbons (Fsp3) is 0.0769. The molecule has 1 heterocycles. The van der Waals surface area contributed by atoms with E-state index in [1.165, 1.54) is 19.5 Å². The number of hydrazone groups is 1. The Hall–Kier alpha value is -2.74. The van der Waals surface area contributed by atoms with Crippen LogP contribution in [0.15, 0.2) is 41.6 Å². The van der Waals surface area contributed by atoms with Crippen LogP contribution in [0.1, 0.15) is 16.1 Å². The van der Waals surface area contributed by atoms with Crippen LogP contribution in [0.3, 0.4) is 0 Å². The van der Waals surface area contributed by atoms with Crippen molar-refractivity contribution in [3.63, 3.8) is 0 Å². The lowest BCUT2D eigenvalue weighted by atomic mass is 10.2. The second-order valence-corrected chi connectivity index (χ2v) is 4.36. The third kappa shape index (κ3) is 3.42. The molecule has 0 saturated carbocycles. The summed E-state index contributed by atoms with van der Waals surface area (Å²) in [6, 6.07) is 9.32. The van der Waals surface area contributed by atoms with Crippen LogP contribution < -0.4 is 11.2 Å². The standard InChI is InChI=1S/C13H13N5O2S/c1-20-12(19)10-7-16-18(9-5-3-2-4-6-9)11(10)8-15-17-13(14)21/h2-8H,1H3,(H3,14,17,21)/b15-8+. The van der Waals surface area contributed by atoms with Gasteiger partial charge in [-0.3, -0.25) is 5.43 Å². The zero-order valence-electron chi connectivity index (χ0n) is 11.2. The summed E-state index contributed by atoms with van der Waals surface area (Å²) in [5.74, 6) is -0.506. The van der Waals surface area contributed by atoms with Gasteiger partial charge in [-0.05, 0) is 24.4 Å². The first-order valence-electron chi connectivity index (χ1n) is 5.93. The van der Waals surface area contributed by atoms with Gasteiger partial charge in [0.25, 0.3) is 0 Å². The second-order valence-electron chi connectivity index (χ2n) is 3.92. The van der Waals surface area contributed by atoms with Gasteiger partial charge < -0.3 is 10.5 Å². The highest BCUT2D eigenvalue weighted by molar-refractivity contribution is 7.80. The molecule has 0 amide bonds. The van der Waals surface area contributed by atoms with E-state index < -0.39 is 5.97 Å². The number of carbonyl (C=O) groups is 1. The summed E-state index contributed by atoms with van der Waals surface area (Å²) in [4.78, 5) is 11.8. The first kappa shape index (κ1) is 14.7. The Kier molecular flexibility index (Phi) is 4.62. The summed E-state index contributed by atoms with van der Waals surface area (Å²) < 4.78 is 6.30. The number of esters is 1. The minimum Gasteiger partial charge on any atom is -0.465 e. The topological polar surface area (TPSA) is 94.5 Å². The van der Waals surface area contributed by atoms with E-state index in [0.717, 1.165) is 5.69 Å². The van der Waals surface area contributed by atoms with E-state index in [4.69, 9.17) is 10.5 Å². The van der Waals surface area contributed by atoms with Crippen molar-refractivity contribution in [3.8, 4) is 5.69 Å². The Labute approximate surface area is 126 Å². The number of hydrogen-bond donors (Lipinski definition) is 2. The number of para-hydroxylation sites is 1. The highest BCUT2D eigenvalue weighted by Gasteiger charge is 2.17. The number of carbonyl (C=O) groups excluding carboxylic acids is 1. The van der Waals surface area contributed by atoms with Crippen molar-refractivity contribution in [3.05, 3.63) is 47.8 Å². The van der Waals surface area contributed by atoms with Crippen LogP contribution in [0.4, 0.5) is 0 Å². The van der Waals surface area contributed by atoms with Crippen molar-refractivity contribution in [1.29, 1.82) is 0 Å². The molecule has 0 aliphatic heterocycles. The molecule has 7 nitrogen and oxygen atoms in total. The number of thiocarbonyl (C=S) groups is 1. The Morgan fingerprint density at radius 1 is 1.48 bits per heavy atom. The van der Waals surface area contributed by atoms with Gasteiger partial charge in [0, 0.05) is 0 Å². The van der Waals surface area contributed by atoms with Crippen LogP contribution in [0.25, 0.3) is 5.69 Å². The highest BCUT2D eigenvalue weighted by Crippen LogP contribution is 2.14. The van der Waals surface area contributed by atoms with Gasteiger partial charge in [-0.25, -0.2) is 9.48 Å². The number of ether oxygens (including phenoxy) is 1. The molecule has 21 heavy (non-hydrogen) atoms. The van der Waals surface area contributed by atoms with Gasteiger partial charge in [0.1, 0.15) is 11.3 Å². The SMILES string of the molecule is COC(=O)c1cnn(-c2ccccc2)c1/C=N/NC(N)=S. The molecule has 0 spiro atoms. The summed E-state index contributed by atoms with van der Waals surface area (Å²) >= 11 is 4.66.